The Bertz CT molecular complexity index is 717. The van der Waals surface area contributed by atoms with Crippen LogP contribution in [0.3, 0.4) is 0 Å². The summed E-state index contributed by atoms with van der Waals surface area (Å²) in [6.45, 7) is 8.92. The Morgan fingerprint density at radius 3 is 2.72 bits per heavy atom. The number of aromatic nitrogens is 2. The molecule has 0 aliphatic carbocycles. The van der Waals surface area contributed by atoms with Crippen LogP contribution < -0.4 is 5.32 Å². The van der Waals surface area contributed by atoms with E-state index in [4.69, 9.17) is 0 Å². The van der Waals surface area contributed by atoms with Gasteiger partial charge in [0.25, 0.3) is 0 Å². The lowest BCUT2D eigenvalue weighted by molar-refractivity contribution is -0.132. The van der Waals surface area contributed by atoms with Gasteiger partial charge in [-0.05, 0) is 45.4 Å². The molecule has 25 heavy (non-hydrogen) atoms. The molecule has 5 nitrogen and oxygen atoms in total. The van der Waals surface area contributed by atoms with Crippen LogP contribution in [0.1, 0.15) is 36.7 Å². The van der Waals surface area contributed by atoms with E-state index in [2.05, 4.69) is 29.2 Å². The van der Waals surface area contributed by atoms with Crippen molar-refractivity contribution in [2.45, 2.75) is 46.1 Å². The lowest BCUT2D eigenvalue weighted by atomic mass is 10.1. The number of nitrogens with zero attached hydrogens (tertiary/aromatic N) is 3. The van der Waals surface area contributed by atoms with Gasteiger partial charge in [0, 0.05) is 30.4 Å². The van der Waals surface area contributed by atoms with Crippen molar-refractivity contribution in [1.82, 2.24) is 20.0 Å². The first-order valence-electron chi connectivity index (χ1n) is 9.22. The summed E-state index contributed by atoms with van der Waals surface area (Å²) in [4.78, 5) is 15.1. The number of hydrogen-bond acceptors (Lipinski definition) is 3. The van der Waals surface area contributed by atoms with Crippen molar-refractivity contribution >= 4 is 5.91 Å². The highest BCUT2D eigenvalue weighted by Gasteiger charge is 2.27. The van der Waals surface area contributed by atoms with E-state index in [-0.39, 0.29) is 5.91 Å². The summed E-state index contributed by atoms with van der Waals surface area (Å²) in [7, 11) is 0. The van der Waals surface area contributed by atoms with Crippen LogP contribution in [0.25, 0.3) is 5.69 Å². The number of amides is 1. The molecule has 1 fully saturated rings. The maximum Gasteiger partial charge on any atom is 0.227 e. The Morgan fingerprint density at radius 1 is 1.32 bits per heavy atom. The van der Waals surface area contributed by atoms with Crippen molar-refractivity contribution < 1.29 is 4.79 Å². The van der Waals surface area contributed by atoms with Crippen LogP contribution in [0.2, 0.25) is 0 Å². The van der Waals surface area contributed by atoms with Gasteiger partial charge in [-0.25, -0.2) is 4.68 Å². The monoisotopic (exact) mass is 340 g/mol. The second-order valence-electron chi connectivity index (χ2n) is 6.81. The van der Waals surface area contributed by atoms with Crippen LogP contribution in [-0.2, 0) is 11.2 Å². The average Bonchev–Trinajstić information content (AvgIpc) is 3.24. The fraction of sp³-hybridized carbons (Fsp3) is 0.500. The summed E-state index contributed by atoms with van der Waals surface area (Å²) >= 11 is 0. The summed E-state index contributed by atoms with van der Waals surface area (Å²) < 4.78 is 1.94. The predicted octanol–water partition coefficient (Wildman–Crippen LogP) is 2.63. The van der Waals surface area contributed by atoms with Crippen LogP contribution in [0.4, 0.5) is 0 Å². The van der Waals surface area contributed by atoms with E-state index in [0.717, 1.165) is 55.1 Å². The highest BCUT2D eigenvalue weighted by molar-refractivity contribution is 5.79. The molecule has 0 bridgehead atoms. The van der Waals surface area contributed by atoms with Crippen molar-refractivity contribution in [3.05, 3.63) is 47.3 Å². The van der Waals surface area contributed by atoms with Crippen LogP contribution in [0.15, 0.2) is 30.3 Å². The minimum atomic E-state index is 0.217. The van der Waals surface area contributed by atoms with E-state index in [1.54, 1.807) is 0 Å². The third-order valence-corrected chi connectivity index (χ3v) is 5.03. The van der Waals surface area contributed by atoms with E-state index in [9.17, 15) is 4.79 Å². The minimum absolute atomic E-state index is 0.217. The zero-order valence-corrected chi connectivity index (χ0v) is 15.5. The van der Waals surface area contributed by atoms with Gasteiger partial charge >= 0.3 is 0 Å². The Hall–Kier alpha value is -2.14. The molecular weight excluding hydrogens is 312 g/mol. The van der Waals surface area contributed by atoms with Crippen LogP contribution >= 0.6 is 0 Å². The first kappa shape index (κ1) is 17.7. The molecule has 1 unspecified atom stereocenters. The van der Waals surface area contributed by atoms with Gasteiger partial charge in [-0.15, -0.1) is 0 Å². The molecule has 2 heterocycles. The SMILES string of the molecule is CCCN(C(=O)Cc1c(C)nn(-c2ccccc2)c1C)C1CCNC1. The van der Waals surface area contributed by atoms with Gasteiger partial charge in [0.2, 0.25) is 5.91 Å². The third kappa shape index (κ3) is 3.76. The highest BCUT2D eigenvalue weighted by Crippen LogP contribution is 2.20. The van der Waals surface area contributed by atoms with Crippen molar-refractivity contribution in [1.29, 1.82) is 0 Å². The topological polar surface area (TPSA) is 50.2 Å². The van der Waals surface area contributed by atoms with E-state index in [0.29, 0.717) is 12.5 Å². The Balaban J connectivity index is 1.82. The second-order valence-corrected chi connectivity index (χ2v) is 6.81. The van der Waals surface area contributed by atoms with E-state index in [1.165, 1.54) is 0 Å². The van der Waals surface area contributed by atoms with Crippen molar-refractivity contribution in [2.75, 3.05) is 19.6 Å². The maximum absolute atomic E-state index is 13.0. The summed E-state index contributed by atoms with van der Waals surface area (Å²) in [5.41, 5.74) is 4.09. The summed E-state index contributed by atoms with van der Waals surface area (Å²) in [5, 5.41) is 8.04. The van der Waals surface area contributed by atoms with Crippen molar-refractivity contribution in [3.63, 3.8) is 0 Å². The molecule has 2 aromatic rings. The number of rotatable bonds is 6. The second kappa shape index (κ2) is 7.83. The molecule has 1 aliphatic rings. The molecule has 0 saturated carbocycles. The number of nitrogens with one attached hydrogen (secondary N) is 1. The first-order chi connectivity index (χ1) is 12.1. The largest absolute Gasteiger partial charge is 0.338 e. The molecular formula is C20H28N4O. The van der Waals surface area contributed by atoms with Crippen LogP contribution in [-0.4, -0.2) is 46.3 Å². The van der Waals surface area contributed by atoms with Gasteiger partial charge in [-0.2, -0.15) is 5.10 Å². The number of carbonyl (C=O) groups excluding carboxylic acids is 1. The number of hydrogen-bond donors (Lipinski definition) is 1. The smallest absolute Gasteiger partial charge is 0.227 e. The lowest BCUT2D eigenvalue weighted by Crippen LogP contribution is -2.43. The highest BCUT2D eigenvalue weighted by atomic mass is 16.2. The van der Waals surface area contributed by atoms with Crippen LogP contribution in [0.5, 0.6) is 0 Å². The maximum atomic E-state index is 13.0. The molecule has 134 valence electrons. The molecule has 0 radical (unpaired) electrons. The van der Waals surface area contributed by atoms with Gasteiger partial charge < -0.3 is 10.2 Å². The van der Waals surface area contributed by atoms with Gasteiger partial charge in [0.05, 0.1) is 17.8 Å². The molecule has 1 aliphatic heterocycles. The summed E-state index contributed by atoms with van der Waals surface area (Å²) in [6.07, 6.45) is 2.47. The third-order valence-electron chi connectivity index (χ3n) is 5.03. The van der Waals surface area contributed by atoms with Crippen molar-refractivity contribution in [2.24, 2.45) is 0 Å². The number of benzene rings is 1. The summed E-state index contributed by atoms with van der Waals surface area (Å²) in [5.74, 6) is 0.217. The summed E-state index contributed by atoms with van der Waals surface area (Å²) in [6, 6.07) is 10.4. The molecule has 1 aromatic heterocycles. The number of carbonyl (C=O) groups is 1. The number of aryl methyl sites for hydroxylation is 1. The quantitative estimate of drug-likeness (QED) is 0.879. The lowest BCUT2D eigenvalue weighted by Gasteiger charge is -2.28. The van der Waals surface area contributed by atoms with Gasteiger partial charge in [-0.3, -0.25) is 4.79 Å². The minimum Gasteiger partial charge on any atom is -0.338 e. The molecule has 3 rings (SSSR count). The fourth-order valence-corrected chi connectivity index (χ4v) is 3.66. The van der Waals surface area contributed by atoms with Gasteiger partial charge in [-0.1, -0.05) is 25.1 Å². The van der Waals surface area contributed by atoms with Gasteiger partial charge in [0.1, 0.15) is 0 Å². The Morgan fingerprint density at radius 2 is 2.08 bits per heavy atom. The standard InChI is InChI=1S/C20H28N4O/c1-4-12-23(18-10-11-21-14-18)20(25)13-19-15(2)22-24(16(19)3)17-8-6-5-7-9-17/h5-9,18,21H,4,10-14H2,1-3H3. The van der Waals surface area contributed by atoms with Crippen molar-refractivity contribution in [3.8, 4) is 5.69 Å². The molecule has 5 heteroatoms. The van der Waals surface area contributed by atoms with Gasteiger partial charge in [0.15, 0.2) is 0 Å². The van der Waals surface area contributed by atoms with E-state index < -0.39 is 0 Å². The van der Waals surface area contributed by atoms with E-state index in [1.807, 2.05) is 41.9 Å². The molecule has 1 aromatic carbocycles. The first-order valence-corrected chi connectivity index (χ1v) is 9.22. The average molecular weight is 340 g/mol. The molecule has 1 saturated heterocycles. The molecule has 1 amide bonds. The predicted molar refractivity (Wildman–Crippen MR) is 100 cm³/mol. The number of para-hydroxylation sites is 1. The molecule has 0 spiro atoms. The molecule has 1 atom stereocenters. The Labute approximate surface area is 150 Å². The zero-order chi connectivity index (χ0) is 17.8. The molecule has 1 N–H and O–H groups in total. The van der Waals surface area contributed by atoms with E-state index >= 15 is 0 Å². The normalized spacial score (nSPS) is 17.0. The zero-order valence-electron chi connectivity index (χ0n) is 15.5. The fourth-order valence-electron chi connectivity index (χ4n) is 3.66. The Kier molecular flexibility index (Phi) is 5.53. The van der Waals surface area contributed by atoms with Crippen LogP contribution in [0, 0.1) is 13.8 Å².